The van der Waals surface area contributed by atoms with Crippen LogP contribution in [0.3, 0.4) is 0 Å². The van der Waals surface area contributed by atoms with Gasteiger partial charge in [-0.05, 0) is 48.4 Å². The Balaban J connectivity index is 2.05. The van der Waals surface area contributed by atoms with Crippen LogP contribution in [0.1, 0.15) is 22.8 Å². The molecule has 0 spiro atoms. The molecule has 3 rings (SSSR count). The van der Waals surface area contributed by atoms with Crippen LogP contribution in [0.15, 0.2) is 60.1 Å². The quantitative estimate of drug-likeness (QED) is 0.634. The van der Waals surface area contributed by atoms with Crippen LogP contribution in [0.5, 0.6) is 0 Å². The third-order valence-electron chi connectivity index (χ3n) is 4.29. The SMILES string of the molecule is C=CCn1c(=NC(=O)c2ccc(N(C)C)cc2)sc2cc(CC)ccc21. The summed E-state index contributed by atoms with van der Waals surface area (Å²) in [6.45, 7) is 6.59. The van der Waals surface area contributed by atoms with Gasteiger partial charge in [0.2, 0.25) is 0 Å². The van der Waals surface area contributed by atoms with Crippen LogP contribution in [0.4, 0.5) is 5.69 Å². The molecule has 0 aliphatic rings. The highest BCUT2D eigenvalue weighted by molar-refractivity contribution is 7.16. The fourth-order valence-electron chi connectivity index (χ4n) is 2.78. The Kier molecular flexibility index (Phi) is 5.38. The van der Waals surface area contributed by atoms with E-state index in [4.69, 9.17) is 0 Å². The first-order valence-corrected chi connectivity index (χ1v) is 9.44. The van der Waals surface area contributed by atoms with Crippen molar-refractivity contribution in [2.45, 2.75) is 19.9 Å². The summed E-state index contributed by atoms with van der Waals surface area (Å²) < 4.78 is 3.18. The predicted octanol–water partition coefficient (Wildman–Crippen LogP) is 4.26. The first-order chi connectivity index (χ1) is 12.5. The second-order valence-electron chi connectivity index (χ2n) is 6.30. The lowest BCUT2D eigenvalue weighted by atomic mass is 10.2. The van der Waals surface area contributed by atoms with Crippen LogP contribution in [0.25, 0.3) is 10.2 Å². The Labute approximate surface area is 157 Å². The summed E-state index contributed by atoms with van der Waals surface area (Å²) >= 11 is 1.54. The van der Waals surface area contributed by atoms with E-state index in [1.165, 1.54) is 5.56 Å². The highest BCUT2D eigenvalue weighted by Gasteiger charge is 2.09. The van der Waals surface area contributed by atoms with E-state index in [0.29, 0.717) is 16.9 Å². The summed E-state index contributed by atoms with van der Waals surface area (Å²) in [5.74, 6) is -0.226. The van der Waals surface area contributed by atoms with Gasteiger partial charge >= 0.3 is 0 Å². The predicted molar refractivity (Wildman–Crippen MR) is 110 cm³/mol. The number of aryl methyl sites for hydroxylation is 1. The normalized spacial score (nSPS) is 11.7. The third kappa shape index (κ3) is 3.63. The van der Waals surface area contributed by atoms with E-state index in [9.17, 15) is 4.79 Å². The van der Waals surface area contributed by atoms with Gasteiger partial charge in [0.15, 0.2) is 4.80 Å². The number of benzene rings is 2. The molecule has 3 aromatic rings. The van der Waals surface area contributed by atoms with E-state index in [1.807, 2.05) is 53.9 Å². The van der Waals surface area contributed by atoms with Gasteiger partial charge in [-0.1, -0.05) is 30.4 Å². The first kappa shape index (κ1) is 18.1. The topological polar surface area (TPSA) is 37.6 Å². The minimum Gasteiger partial charge on any atom is -0.378 e. The molecule has 0 saturated heterocycles. The molecule has 1 aromatic heterocycles. The molecule has 134 valence electrons. The molecule has 0 saturated carbocycles. The number of allylic oxidation sites excluding steroid dienone is 1. The monoisotopic (exact) mass is 365 g/mol. The zero-order valence-electron chi connectivity index (χ0n) is 15.4. The minimum atomic E-state index is -0.226. The van der Waals surface area contributed by atoms with Crippen LogP contribution < -0.4 is 9.70 Å². The van der Waals surface area contributed by atoms with E-state index < -0.39 is 0 Å². The maximum atomic E-state index is 12.6. The van der Waals surface area contributed by atoms with Crippen molar-refractivity contribution in [3.8, 4) is 0 Å². The van der Waals surface area contributed by atoms with E-state index in [0.717, 1.165) is 22.3 Å². The van der Waals surface area contributed by atoms with Gasteiger partial charge in [-0.2, -0.15) is 4.99 Å². The summed E-state index contributed by atoms with van der Waals surface area (Å²) in [5, 5.41) is 0. The number of fused-ring (bicyclic) bond motifs is 1. The number of thiazole rings is 1. The molecular weight excluding hydrogens is 342 g/mol. The molecule has 1 amide bonds. The van der Waals surface area contributed by atoms with Crippen molar-refractivity contribution in [3.63, 3.8) is 0 Å². The number of anilines is 1. The van der Waals surface area contributed by atoms with Crippen molar-refractivity contribution in [1.82, 2.24) is 4.57 Å². The van der Waals surface area contributed by atoms with Gasteiger partial charge < -0.3 is 9.47 Å². The van der Waals surface area contributed by atoms with Crippen LogP contribution >= 0.6 is 11.3 Å². The Bertz CT molecular complexity index is 1010. The average molecular weight is 366 g/mol. The lowest BCUT2D eigenvalue weighted by molar-refractivity contribution is 0.0998. The molecule has 2 aromatic carbocycles. The number of aromatic nitrogens is 1. The average Bonchev–Trinajstić information content (AvgIpc) is 2.98. The molecule has 5 heteroatoms. The molecule has 0 aliphatic carbocycles. The van der Waals surface area contributed by atoms with Crippen molar-refractivity contribution >= 4 is 33.1 Å². The van der Waals surface area contributed by atoms with Crippen molar-refractivity contribution < 1.29 is 4.79 Å². The fraction of sp³-hybridized carbons (Fsp3) is 0.238. The maximum absolute atomic E-state index is 12.6. The van der Waals surface area contributed by atoms with Crippen LogP contribution in [0.2, 0.25) is 0 Å². The number of hydrogen-bond acceptors (Lipinski definition) is 3. The van der Waals surface area contributed by atoms with Crippen molar-refractivity contribution in [2.75, 3.05) is 19.0 Å². The lowest BCUT2D eigenvalue weighted by Gasteiger charge is -2.11. The molecule has 0 fully saturated rings. The van der Waals surface area contributed by atoms with Gasteiger partial charge in [0.25, 0.3) is 5.91 Å². The van der Waals surface area contributed by atoms with Crippen molar-refractivity contribution in [1.29, 1.82) is 0 Å². The number of amides is 1. The molecule has 0 radical (unpaired) electrons. The Morgan fingerprint density at radius 3 is 2.58 bits per heavy atom. The van der Waals surface area contributed by atoms with Crippen molar-refractivity contribution in [2.24, 2.45) is 4.99 Å². The van der Waals surface area contributed by atoms with E-state index in [2.05, 4.69) is 36.7 Å². The minimum absolute atomic E-state index is 0.226. The first-order valence-electron chi connectivity index (χ1n) is 8.63. The van der Waals surface area contributed by atoms with Gasteiger partial charge in [0.05, 0.1) is 10.2 Å². The summed E-state index contributed by atoms with van der Waals surface area (Å²) in [5.41, 5.74) is 4.01. The molecule has 0 unspecified atom stereocenters. The maximum Gasteiger partial charge on any atom is 0.279 e. The molecular formula is C21H23N3OS. The molecule has 26 heavy (non-hydrogen) atoms. The van der Waals surface area contributed by atoms with Gasteiger partial charge in [0.1, 0.15) is 0 Å². The Hall–Kier alpha value is -2.66. The van der Waals surface area contributed by atoms with Gasteiger partial charge in [-0.25, -0.2) is 0 Å². The van der Waals surface area contributed by atoms with Crippen LogP contribution in [-0.2, 0) is 13.0 Å². The van der Waals surface area contributed by atoms with Crippen molar-refractivity contribution in [3.05, 3.63) is 71.0 Å². The van der Waals surface area contributed by atoms with Crippen LogP contribution in [-0.4, -0.2) is 24.6 Å². The second kappa shape index (κ2) is 7.70. The summed E-state index contributed by atoms with van der Waals surface area (Å²) in [7, 11) is 3.95. The molecule has 0 bridgehead atoms. The molecule has 0 aliphatic heterocycles. The fourth-order valence-corrected chi connectivity index (χ4v) is 3.88. The standard InChI is InChI=1S/C21H23N3OS/c1-5-13-24-18-12-7-15(6-2)14-19(18)26-21(24)22-20(25)16-8-10-17(11-9-16)23(3)4/h5,7-12,14H,1,6,13H2,2-4H3. The number of carbonyl (C=O) groups is 1. The second-order valence-corrected chi connectivity index (χ2v) is 7.31. The van der Waals surface area contributed by atoms with E-state index in [1.54, 1.807) is 11.3 Å². The molecule has 0 atom stereocenters. The third-order valence-corrected chi connectivity index (χ3v) is 5.34. The van der Waals surface area contributed by atoms with Gasteiger partial charge in [0, 0.05) is 31.9 Å². The largest absolute Gasteiger partial charge is 0.378 e. The zero-order valence-corrected chi connectivity index (χ0v) is 16.2. The number of nitrogens with zero attached hydrogens (tertiary/aromatic N) is 3. The summed E-state index contributed by atoms with van der Waals surface area (Å²) in [6, 6.07) is 13.9. The van der Waals surface area contributed by atoms with Gasteiger partial charge in [-0.15, -0.1) is 6.58 Å². The highest BCUT2D eigenvalue weighted by Crippen LogP contribution is 2.20. The van der Waals surface area contributed by atoms with E-state index in [-0.39, 0.29) is 5.91 Å². The smallest absolute Gasteiger partial charge is 0.279 e. The van der Waals surface area contributed by atoms with Crippen LogP contribution in [0, 0.1) is 0 Å². The highest BCUT2D eigenvalue weighted by atomic mass is 32.1. The molecule has 4 nitrogen and oxygen atoms in total. The number of carbonyl (C=O) groups excluding carboxylic acids is 1. The molecule has 0 N–H and O–H groups in total. The summed E-state index contributed by atoms with van der Waals surface area (Å²) in [6.07, 6.45) is 2.81. The summed E-state index contributed by atoms with van der Waals surface area (Å²) in [4.78, 5) is 19.7. The molecule has 1 heterocycles. The zero-order chi connectivity index (χ0) is 18.7. The van der Waals surface area contributed by atoms with Gasteiger partial charge in [-0.3, -0.25) is 4.79 Å². The number of hydrogen-bond donors (Lipinski definition) is 0. The Morgan fingerprint density at radius 1 is 1.23 bits per heavy atom. The Morgan fingerprint density at radius 2 is 1.96 bits per heavy atom. The lowest BCUT2D eigenvalue weighted by Crippen LogP contribution is -2.16. The van der Waals surface area contributed by atoms with E-state index >= 15 is 0 Å². The number of rotatable bonds is 5.